The van der Waals surface area contributed by atoms with Gasteiger partial charge in [-0.1, -0.05) is 11.2 Å². The minimum absolute atomic E-state index is 0.274. The van der Waals surface area contributed by atoms with Gasteiger partial charge in [-0.3, -0.25) is 4.79 Å². The van der Waals surface area contributed by atoms with Crippen molar-refractivity contribution in [2.75, 3.05) is 5.75 Å². The smallest absolute Gasteiger partial charge is 0.327 e. The molecule has 2 aromatic heterocycles. The Morgan fingerprint density at radius 3 is 3.00 bits per heavy atom. The predicted molar refractivity (Wildman–Crippen MR) is 81.2 cm³/mol. The molecule has 0 aromatic carbocycles. The zero-order chi connectivity index (χ0) is 15.2. The van der Waals surface area contributed by atoms with Crippen molar-refractivity contribution in [3.63, 3.8) is 0 Å². The van der Waals surface area contributed by atoms with Gasteiger partial charge in [-0.05, 0) is 11.4 Å². The second-order valence-electron chi connectivity index (χ2n) is 4.27. The highest BCUT2D eigenvalue weighted by molar-refractivity contribution is 7.98. The van der Waals surface area contributed by atoms with Gasteiger partial charge in [0.25, 0.3) is 0 Å². The molecule has 2 N–H and O–H groups in total. The summed E-state index contributed by atoms with van der Waals surface area (Å²) in [7, 11) is 0. The lowest BCUT2D eigenvalue weighted by molar-refractivity contribution is -0.140. The van der Waals surface area contributed by atoms with E-state index in [-0.39, 0.29) is 11.7 Å². The van der Waals surface area contributed by atoms with E-state index >= 15 is 0 Å². The fraction of sp³-hybridized carbons (Fsp3) is 0.308. The average Bonchev–Trinajstić information content (AvgIpc) is 3.07. The summed E-state index contributed by atoms with van der Waals surface area (Å²) in [6.45, 7) is 1.30. The zero-order valence-electron chi connectivity index (χ0n) is 11.2. The van der Waals surface area contributed by atoms with Crippen LogP contribution in [0.15, 0.2) is 28.1 Å². The first-order chi connectivity index (χ1) is 10.1. The third-order valence-corrected chi connectivity index (χ3v) is 4.49. The molecule has 1 amide bonds. The maximum absolute atomic E-state index is 11.0. The average molecular weight is 326 g/mol. The molecule has 2 heterocycles. The number of rotatable bonds is 7. The van der Waals surface area contributed by atoms with Crippen LogP contribution in [0.2, 0.25) is 0 Å². The van der Waals surface area contributed by atoms with Crippen LogP contribution in [0.25, 0.3) is 10.6 Å². The molecule has 0 unspecified atom stereocenters. The summed E-state index contributed by atoms with van der Waals surface area (Å²) in [6, 6.07) is 4.82. The molecular weight excluding hydrogens is 312 g/mol. The molecule has 8 heteroatoms. The number of amides is 1. The van der Waals surface area contributed by atoms with Crippen LogP contribution in [0.5, 0.6) is 0 Å². The molecule has 0 radical (unpaired) electrons. The summed E-state index contributed by atoms with van der Waals surface area (Å²) in [6.07, 6.45) is 0. The largest absolute Gasteiger partial charge is 0.480 e. The van der Waals surface area contributed by atoms with E-state index in [1.165, 1.54) is 18.7 Å². The highest BCUT2D eigenvalue weighted by Gasteiger charge is 2.18. The van der Waals surface area contributed by atoms with Gasteiger partial charge < -0.3 is 14.9 Å². The second-order valence-corrected chi connectivity index (χ2v) is 6.24. The summed E-state index contributed by atoms with van der Waals surface area (Å²) in [4.78, 5) is 22.9. The Balaban J connectivity index is 1.85. The van der Waals surface area contributed by atoms with Crippen LogP contribution in [0.3, 0.4) is 0 Å². The minimum atomic E-state index is -1.04. The molecule has 0 saturated carbocycles. The topological polar surface area (TPSA) is 92.4 Å². The molecule has 0 saturated heterocycles. The monoisotopic (exact) mass is 326 g/mol. The van der Waals surface area contributed by atoms with Gasteiger partial charge in [0, 0.05) is 24.5 Å². The molecule has 2 rings (SSSR count). The highest BCUT2D eigenvalue weighted by atomic mass is 32.2. The van der Waals surface area contributed by atoms with Crippen molar-refractivity contribution in [2.45, 2.75) is 18.7 Å². The zero-order valence-corrected chi connectivity index (χ0v) is 12.9. The molecule has 0 aliphatic heterocycles. The molecule has 2 aromatic rings. The first-order valence-electron chi connectivity index (χ1n) is 6.13. The van der Waals surface area contributed by atoms with Crippen LogP contribution in [-0.2, 0) is 15.3 Å². The van der Waals surface area contributed by atoms with Crippen LogP contribution >= 0.6 is 23.1 Å². The molecule has 1 atom stereocenters. The molecule has 112 valence electrons. The van der Waals surface area contributed by atoms with E-state index in [0.29, 0.717) is 11.5 Å². The van der Waals surface area contributed by atoms with Gasteiger partial charge in [0.05, 0.1) is 10.6 Å². The van der Waals surface area contributed by atoms with E-state index in [0.717, 1.165) is 10.6 Å². The molecular formula is C13H14N2O4S2. The number of aliphatic carboxylic acids is 1. The van der Waals surface area contributed by atoms with Gasteiger partial charge in [-0.15, -0.1) is 11.3 Å². The number of carbonyl (C=O) groups is 2. The normalized spacial score (nSPS) is 12.0. The quantitative estimate of drug-likeness (QED) is 0.810. The van der Waals surface area contributed by atoms with Crippen molar-refractivity contribution in [2.24, 2.45) is 0 Å². The number of nitrogens with zero attached hydrogens (tertiary/aromatic N) is 1. The van der Waals surface area contributed by atoms with E-state index in [9.17, 15) is 9.59 Å². The van der Waals surface area contributed by atoms with Gasteiger partial charge in [0.1, 0.15) is 6.04 Å². The van der Waals surface area contributed by atoms with Crippen molar-refractivity contribution >= 4 is 35.0 Å². The number of carboxylic acids is 1. The number of nitrogens with one attached hydrogen (secondary N) is 1. The van der Waals surface area contributed by atoms with Gasteiger partial charge in [-0.2, -0.15) is 11.8 Å². The van der Waals surface area contributed by atoms with E-state index in [1.807, 2.05) is 23.6 Å². The Morgan fingerprint density at radius 2 is 2.38 bits per heavy atom. The Morgan fingerprint density at radius 1 is 1.57 bits per heavy atom. The highest BCUT2D eigenvalue weighted by Crippen LogP contribution is 2.26. The summed E-state index contributed by atoms with van der Waals surface area (Å²) >= 11 is 2.94. The molecule has 6 nitrogen and oxygen atoms in total. The van der Waals surface area contributed by atoms with Crippen LogP contribution < -0.4 is 5.32 Å². The Labute approximate surface area is 129 Å². The lowest BCUT2D eigenvalue weighted by Crippen LogP contribution is -2.41. The molecule has 21 heavy (non-hydrogen) atoms. The van der Waals surface area contributed by atoms with Crippen LogP contribution in [0.1, 0.15) is 12.6 Å². The summed E-state index contributed by atoms with van der Waals surface area (Å²) < 4.78 is 5.24. The van der Waals surface area contributed by atoms with Crippen molar-refractivity contribution in [1.82, 2.24) is 10.5 Å². The molecule has 0 fully saturated rings. The number of aromatic nitrogens is 1. The lowest BCUT2D eigenvalue weighted by Gasteiger charge is -2.11. The molecule has 0 aliphatic rings. The van der Waals surface area contributed by atoms with E-state index in [4.69, 9.17) is 9.63 Å². The van der Waals surface area contributed by atoms with Crippen LogP contribution in [-0.4, -0.2) is 33.9 Å². The first kappa shape index (κ1) is 15.6. The Kier molecular flexibility index (Phi) is 5.40. The third-order valence-electron chi connectivity index (χ3n) is 2.53. The van der Waals surface area contributed by atoms with Gasteiger partial charge in [0.2, 0.25) is 5.91 Å². The van der Waals surface area contributed by atoms with E-state index < -0.39 is 12.0 Å². The van der Waals surface area contributed by atoms with Crippen LogP contribution in [0.4, 0.5) is 0 Å². The van der Waals surface area contributed by atoms with Crippen molar-refractivity contribution in [1.29, 1.82) is 0 Å². The Hall–Kier alpha value is -1.80. The van der Waals surface area contributed by atoms with Gasteiger partial charge in [-0.25, -0.2) is 4.79 Å². The number of thiophene rings is 1. The van der Waals surface area contributed by atoms with Gasteiger partial charge >= 0.3 is 5.97 Å². The molecule has 0 bridgehead atoms. The Bertz CT molecular complexity index is 609. The molecule has 0 aliphatic carbocycles. The summed E-state index contributed by atoms with van der Waals surface area (Å²) in [5.41, 5.74) is 0.746. The maximum Gasteiger partial charge on any atom is 0.327 e. The predicted octanol–water partition coefficient (Wildman–Crippen LogP) is 2.23. The van der Waals surface area contributed by atoms with Crippen LogP contribution in [0, 0.1) is 0 Å². The number of carboxylic acid groups (broad SMARTS) is 1. The standard InChI is InChI=1S/C13H14N2O4S2/c1-8(16)14-10(13(17)18)7-20-6-9-5-11(19-15-9)12-3-2-4-21-12/h2-5,10H,6-7H2,1H3,(H,14,16)(H,17,18)/t10-/m0/s1. The summed E-state index contributed by atoms with van der Waals surface area (Å²) in [5, 5.41) is 17.3. The fourth-order valence-corrected chi connectivity index (χ4v) is 3.21. The first-order valence-corrected chi connectivity index (χ1v) is 8.17. The SMILES string of the molecule is CC(=O)N[C@@H](CSCc1cc(-c2cccs2)on1)C(=O)O. The third kappa shape index (κ3) is 4.61. The second kappa shape index (κ2) is 7.28. The van der Waals surface area contributed by atoms with E-state index in [1.54, 1.807) is 11.3 Å². The number of hydrogen-bond acceptors (Lipinski definition) is 6. The lowest BCUT2D eigenvalue weighted by atomic mass is 10.3. The van der Waals surface area contributed by atoms with Crippen molar-refractivity contribution in [3.8, 4) is 10.6 Å². The van der Waals surface area contributed by atoms with E-state index in [2.05, 4.69) is 10.5 Å². The number of carbonyl (C=O) groups excluding carboxylic acids is 1. The van der Waals surface area contributed by atoms with Gasteiger partial charge in [0.15, 0.2) is 5.76 Å². The molecule has 0 spiro atoms. The summed E-state index contributed by atoms with van der Waals surface area (Å²) in [5.74, 6) is 0.104. The minimum Gasteiger partial charge on any atom is -0.480 e. The van der Waals surface area contributed by atoms with Crippen molar-refractivity contribution in [3.05, 3.63) is 29.3 Å². The maximum atomic E-state index is 11.0. The fourth-order valence-electron chi connectivity index (χ4n) is 1.62. The van der Waals surface area contributed by atoms with Crippen molar-refractivity contribution < 1.29 is 19.2 Å². The number of thioether (sulfide) groups is 1. The number of hydrogen-bond donors (Lipinski definition) is 2.